The minimum absolute atomic E-state index is 0.453. The standard InChI is InChI=1S/C16H20N2O/c1-12-3-2-4-15(9-12)19-11-16(10-17,13-5-6-13)18-14-7-8-14/h2-4,9,13-14,18H,5-8,11H2,1H3. The van der Waals surface area contributed by atoms with Crippen LogP contribution in [0.25, 0.3) is 0 Å². The van der Waals surface area contributed by atoms with E-state index < -0.39 is 5.54 Å². The monoisotopic (exact) mass is 256 g/mol. The normalized spacial score (nSPS) is 21.5. The molecular formula is C16H20N2O. The molecule has 3 heteroatoms. The van der Waals surface area contributed by atoms with Gasteiger partial charge in [0.15, 0.2) is 0 Å². The van der Waals surface area contributed by atoms with E-state index in [1.165, 1.54) is 18.4 Å². The Hall–Kier alpha value is -1.53. The maximum Gasteiger partial charge on any atom is 0.144 e. The SMILES string of the molecule is Cc1cccc(OCC(C#N)(NC2CC2)C2CC2)c1. The number of hydrogen-bond acceptors (Lipinski definition) is 3. The number of nitriles is 1. The van der Waals surface area contributed by atoms with E-state index in [0.717, 1.165) is 18.6 Å². The fourth-order valence-corrected chi connectivity index (χ4v) is 2.50. The van der Waals surface area contributed by atoms with Crippen LogP contribution in [0.1, 0.15) is 31.2 Å². The Bertz CT molecular complexity index is 500. The molecule has 1 N–H and O–H groups in total. The molecule has 1 atom stereocenters. The van der Waals surface area contributed by atoms with Crippen LogP contribution < -0.4 is 10.1 Å². The number of benzene rings is 1. The van der Waals surface area contributed by atoms with Gasteiger partial charge in [0.05, 0.1) is 6.07 Å². The zero-order valence-corrected chi connectivity index (χ0v) is 11.4. The number of ether oxygens (including phenoxy) is 1. The first kappa shape index (κ1) is 12.5. The summed E-state index contributed by atoms with van der Waals surface area (Å²) in [4.78, 5) is 0. The lowest BCUT2D eigenvalue weighted by molar-refractivity contribution is 0.200. The third kappa shape index (κ3) is 2.90. The van der Waals surface area contributed by atoms with Crippen molar-refractivity contribution in [1.29, 1.82) is 5.26 Å². The summed E-state index contributed by atoms with van der Waals surface area (Å²) in [7, 11) is 0. The molecule has 100 valence electrons. The van der Waals surface area contributed by atoms with Gasteiger partial charge in [0, 0.05) is 6.04 Å². The molecule has 3 nitrogen and oxygen atoms in total. The summed E-state index contributed by atoms with van der Waals surface area (Å²) in [6.07, 6.45) is 4.68. The summed E-state index contributed by atoms with van der Waals surface area (Å²) >= 11 is 0. The van der Waals surface area contributed by atoms with E-state index in [9.17, 15) is 5.26 Å². The van der Waals surface area contributed by atoms with E-state index in [1.807, 2.05) is 31.2 Å². The Labute approximate surface area is 114 Å². The van der Waals surface area contributed by atoms with E-state index in [-0.39, 0.29) is 0 Å². The first-order chi connectivity index (χ1) is 9.22. The van der Waals surface area contributed by atoms with Crippen molar-refractivity contribution in [3.63, 3.8) is 0 Å². The molecule has 0 radical (unpaired) electrons. The maximum absolute atomic E-state index is 9.60. The van der Waals surface area contributed by atoms with Gasteiger partial charge in [-0.2, -0.15) is 5.26 Å². The van der Waals surface area contributed by atoms with E-state index >= 15 is 0 Å². The maximum atomic E-state index is 9.60. The Balaban J connectivity index is 1.68. The highest BCUT2D eigenvalue weighted by molar-refractivity contribution is 5.28. The van der Waals surface area contributed by atoms with Crippen molar-refractivity contribution in [2.24, 2.45) is 5.92 Å². The topological polar surface area (TPSA) is 45.0 Å². The van der Waals surface area contributed by atoms with E-state index in [4.69, 9.17) is 4.74 Å². The van der Waals surface area contributed by atoms with Gasteiger partial charge >= 0.3 is 0 Å². The van der Waals surface area contributed by atoms with Crippen LogP contribution in [0.15, 0.2) is 24.3 Å². The van der Waals surface area contributed by atoms with Crippen molar-refractivity contribution in [2.75, 3.05) is 6.61 Å². The summed E-state index contributed by atoms with van der Waals surface area (Å²) in [5, 5.41) is 13.1. The predicted molar refractivity (Wildman–Crippen MR) is 73.9 cm³/mol. The number of rotatable bonds is 6. The first-order valence-electron chi connectivity index (χ1n) is 7.10. The number of aryl methyl sites for hydroxylation is 1. The van der Waals surface area contributed by atoms with E-state index in [0.29, 0.717) is 18.6 Å². The van der Waals surface area contributed by atoms with Crippen LogP contribution in [0.3, 0.4) is 0 Å². The van der Waals surface area contributed by atoms with E-state index in [1.54, 1.807) is 0 Å². The summed E-state index contributed by atoms with van der Waals surface area (Å²) in [6.45, 7) is 2.50. The molecule has 19 heavy (non-hydrogen) atoms. The summed E-state index contributed by atoms with van der Waals surface area (Å²) < 4.78 is 5.89. The average molecular weight is 256 g/mol. The third-order valence-electron chi connectivity index (χ3n) is 3.97. The fraction of sp³-hybridized carbons (Fsp3) is 0.562. The molecule has 0 amide bonds. The molecule has 0 bridgehead atoms. The second-order valence-corrected chi connectivity index (χ2v) is 5.88. The summed E-state index contributed by atoms with van der Waals surface area (Å²) in [5.74, 6) is 1.32. The highest BCUT2D eigenvalue weighted by Gasteiger charge is 2.49. The molecule has 1 unspecified atom stereocenters. The van der Waals surface area contributed by atoms with Gasteiger partial charge in [-0.25, -0.2) is 0 Å². The van der Waals surface area contributed by atoms with Crippen molar-refractivity contribution in [3.05, 3.63) is 29.8 Å². The molecule has 2 aliphatic carbocycles. The molecule has 2 saturated carbocycles. The zero-order chi connectivity index (χ0) is 13.3. The highest BCUT2D eigenvalue weighted by atomic mass is 16.5. The van der Waals surface area contributed by atoms with Crippen molar-refractivity contribution in [3.8, 4) is 11.8 Å². The smallest absolute Gasteiger partial charge is 0.144 e. The highest BCUT2D eigenvalue weighted by Crippen LogP contribution is 2.41. The van der Waals surface area contributed by atoms with Crippen LogP contribution in [-0.2, 0) is 0 Å². The molecule has 0 saturated heterocycles. The average Bonchev–Trinajstić information content (AvgIpc) is 3.27. The third-order valence-corrected chi connectivity index (χ3v) is 3.97. The molecule has 0 aliphatic heterocycles. The lowest BCUT2D eigenvalue weighted by Gasteiger charge is -2.28. The molecule has 1 aromatic carbocycles. The summed E-state index contributed by atoms with van der Waals surface area (Å²) in [5.41, 5.74) is 0.701. The van der Waals surface area contributed by atoms with Crippen molar-refractivity contribution in [2.45, 2.75) is 44.2 Å². The van der Waals surface area contributed by atoms with Gasteiger partial charge in [0.2, 0.25) is 0 Å². The minimum atomic E-state index is -0.481. The minimum Gasteiger partial charge on any atom is -0.491 e. The second kappa shape index (κ2) is 4.86. The van der Waals surface area contributed by atoms with Gasteiger partial charge in [0.1, 0.15) is 17.9 Å². The quantitative estimate of drug-likeness (QED) is 0.851. The van der Waals surface area contributed by atoms with Crippen LogP contribution in [0.5, 0.6) is 5.75 Å². The van der Waals surface area contributed by atoms with Crippen LogP contribution in [0, 0.1) is 24.2 Å². The predicted octanol–water partition coefficient (Wildman–Crippen LogP) is 2.80. The van der Waals surface area contributed by atoms with Gasteiger partial charge < -0.3 is 4.74 Å². The first-order valence-corrected chi connectivity index (χ1v) is 7.10. The van der Waals surface area contributed by atoms with Crippen LogP contribution in [0.2, 0.25) is 0 Å². The number of nitrogens with zero attached hydrogens (tertiary/aromatic N) is 1. The van der Waals surface area contributed by atoms with Crippen LogP contribution in [0.4, 0.5) is 0 Å². The lowest BCUT2D eigenvalue weighted by Crippen LogP contribution is -2.52. The van der Waals surface area contributed by atoms with Crippen molar-refractivity contribution in [1.82, 2.24) is 5.32 Å². The Morgan fingerprint density at radius 3 is 2.74 bits per heavy atom. The molecule has 0 spiro atoms. The van der Waals surface area contributed by atoms with Gasteiger partial charge in [0.25, 0.3) is 0 Å². The zero-order valence-electron chi connectivity index (χ0n) is 11.4. The Morgan fingerprint density at radius 2 is 2.16 bits per heavy atom. The molecular weight excluding hydrogens is 236 g/mol. The van der Waals surface area contributed by atoms with Crippen molar-refractivity contribution < 1.29 is 4.74 Å². The fourth-order valence-electron chi connectivity index (χ4n) is 2.50. The molecule has 3 rings (SSSR count). The van der Waals surface area contributed by atoms with Crippen LogP contribution in [-0.4, -0.2) is 18.2 Å². The number of hydrogen-bond donors (Lipinski definition) is 1. The molecule has 1 aromatic rings. The molecule has 0 aromatic heterocycles. The molecule has 2 fully saturated rings. The Kier molecular flexibility index (Phi) is 3.20. The van der Waals surface area contributed by atoms with Gasteiger partial charge in [-0.1, -0.05) is 12.1 Å². The van der Waals surface area contributed by atoms with Crippen molar-refractivity contribution >= 4 is 0 Å². The molecule has 2 aliphatic rings. The second-order valence-electron chi connectivity index (χ2n) is 5.88. The van der Waals surface area contributed by atoms with Crippen LogP contribution >= 0.6 is 0 Å². The summed E-state index contributed by atoms with van der Waals surface area (Å²) in [6, 6.07) is 11.0. The molecule has 0 heterocycles. The van der Waals surface area contributed by atoms with Gasteiger partial charge in [-0.15, -0.1) is 0 Å². The largest absolute Gasteiger partial charge is 0.491 e. The Morgan fingerprint density at radius 1 is 1.37 bits per heavy atom. The lowest BCUT2D eigenvalue weighted by atomic mass is 9.96. The van der Waals surface area contributed by atoms with E-state index in [2.05, 4.69) is 11.4 Å². The van der Waals surface area contributed by atoms with Gasteiger partial charge in [-0.3, -0.25) is 5.32 Å². The van der Waals surface area contributed by atoms with Gasteiger partial charge in [-0.05, 0) is 56.2 Å². The number of nitrogens with one attached hydrogen (secondary N) is 1.